The van der Waals surface area contributed by atoms with Gasteiger partial charge in [-0.15, -0.1) is 11.3 Å². The van der Waals surface area contributed by atoms with Crippen LogP contribution in [0.5, 0.6) is 0 Å². The molecule has 24 heavy (non-hydrogen) atoms. The molecule has 0 aliphatic carbocycles. The number of hydrogen-bond donors (Lipinski definition) is 1. The van der Waals surface area contributed by atoms with Gasteiger partial charge in [0, 0.05) is 44.0 Å². The first-order valence-electron chi connectivity index (χ1n) is 8.48. The van der Waals surface area contributed by atoms with Crippen molar-refractivity contribution in [1.82, 2.24) is 9.80 Å². The van der Waals surface area contributed by atoms with Gasteiger partial charge in [-0.1, -0.05) is 36.4 Å². The highest BCUT2D eigenvalue weighted by molar-refractivity contribution is 7.10. The fourth-order valence-electron chi connectivity index (χ4n) is 3.05. The molecule has 1 amide bonds. The topological polar surface area (TPSA) is 43.8 Å². The lowest BCUT2D eigenvalue weighted by molar-refractivity contribution is -0.133. The average molecular weight is 344 g/mol. The quantitative estimate of drug-likeness (QED) is 0.876. The van der Waals surface area contributed by atoms with Crippen molar-refractivity contribution in [2.45, 2.75) is 18.9 Å². The van der Waals surface area contributed by atoms with E-state index in [1.165, 1.54) is 5.56 Å². The number of rotatable bonds is 6. The van der Waals surface area contributed by atoms with E-state index < -0.39 is 6.10 Å². The molecule has 1 aliphatic rings. The van der Waals surface area contributed by atoms with E-state index in [4.69, 9.17) is 0 Å². The monoisotopic (exact) mass is 344 g/mol. The van der Waals surface area contributed by atoms with Gasteiger partial charge >= 0.3 is 0 Å². The molecule has 0 spiro atoms. The van der Waals surface area contributed by atoms with E-state index in [1.807, 2.05) is 40.6 Å². The number of amides is 1. The van der Waals surface area contributed by atoms with Gasteiger partial charge in [-0.2, -0.15) is 0 Å². The van der Waals surface area contributed by atoms with E-state index in [2.05, 4.69) is 17.0 Å². The summed E-state index contributed by atoms with van der Waals surface area (Å²) >= 11 is 1.59. The van der Waals surface area contributed by atoms with E-state index >= 15 is 0 Å². The third-order valence-electron chi connectivity index (χ3n) is 4.50. The van der Waals surface area contributed by atoms with Crippen LogP contribution in [0.1, 0.15) is 23.0 Å². The molecule has 2 heterocycles. The van der Waals surface area contributed by atoms with Crippen LogP contribution >= 0.6 is 11.3 Å². The second-order valence-corrected chi connectivity index (χ2v) is 7.18. The summed E-state index contributed by atoms with van der Waals surface area (Å²) in [6, 6.07) is 14.1. The van der Waals surface area contributed by atoms with Crippen molar-refractivity contribution in [2.24, 2.45) is 0 Å². The Morgan fingerprint density at radius 2 is 1.83 bits per heavy atom. The summed E-state index contributed by atoms with van der Waals surface area (Å²) in [7, 11) is 0. The Balaban J connectivity index is 1.40. The van der Waals surface area contributed by atoms with Gasteiger partial charge in [0.2, 0.25) is 5.91 Å². The minimum absolute atomic E-state index is 0.234. The predicted molar refractivity (Wildman–Crippen MR) is 97.1 cm³/mol. The van der Waals surface area contributed by atoms with Crippen molar-refractivity contribution in [3.05, 3.63) is 58.3 Å². The standard InChI is InChI=1S/C19H24N2O2S/c22-17(18-7-4-14-24-18)15-20-10-12-21(13-11-20)19(23)9-8-16-5-2-1-3-6-16/h1-7,14,17,22H,8-13,15H2. The molecule has 1 saturated heterocycles. The molecule has 1 fully saturated rings. The van der Waals surface area contributed by atoms with Gasteiger partial charge < -0.3 is 10.0 Å². The molecule has 0 radical (unpaired) electrons. The molecule has 0 saturated carbocycles. The number of thiophene rings is 1. The second-order valence-electron chi connectivity index (χ2n) is 6.20. The van der Waals surface area contributed by atoms with Crippen molar-refractivity contribution >= 4 is 17.2 Å². The summed E-state index contributed by atoms with van der Waals surface area (Å²) in [5.74, 6) is 0.234. The van der Waals surface area contributed by atoms with E-state index in [-0.39, 0.29) is 5.91 Å². The Bertz CT molecular complexity index is 622. The Kier molecular flexibility index (Phi) is 6.01. The number of aryl methyl sites for hydroxylation is 1. The Morgan fingerprint density at radius 3 is 2.50 bits per heavy atom. The third kappa shape index (κ3) is 4.66. The van der Waals surface area contributed by atoms with E-state index in [0.717, 1.165) is 37.5 Å². The summed E-state index contributed by atoms with van der Waals surface area (Å²) in [5.41, 5.74) is 1.21. The van der Waals surface area contributed by atoms with Crippen molar-refractivity contribution in [3.63, 3.8) is 0 Å². The lowest BCUT2D eigenvalue weighted by Crippen LogP contribution is -2.49. The van der Waals surface area contributed by atoms with Crippen LogP contribution in [0, 0.1) is 0 Å². The number of β-amino-alcohol motifs (C(OH)–C–C–N with tert-alkyl or cyclic N) is 1. The van der Waals surface area contributed by atoms with Crippen molar-refractivity contribution in [2.75, 3.05) is 32.7 Å². The van der Waals surface area contributed by atoms with Gasteiger partial charge in [-0.3, -0.25) is 9.69 Å². The van der Waals surface area contributed by atoms with Crippen molar-refractivity contribution in [3.8, 4) is 0 Å². The smallest absolute Gasteiger partial charge is 0.222 e. The molecule has 0 bridgehead atoms. The number of aliphatic hydroxyl groups excluding tert-OH is 1. The normalized spacial score (nSPS) is 17.0. The Labute approximate surface area is 147 Å². The van der Waals surface area contributed by atoms with Crippen LogP contribution in [0.4, 0.5) is 0 Å². The number of benzene rings is 1. The van der Waals surface area contributed by atoms with Crippen LogP contribution in [-0.2, 0) is 11.2 Å². The van der Waals surface area contributed by atoms with Crippen LogP contribution in [0.2, 0.25) is 0 Å². The highest BCUT2D eigenvalue weighted by Crippen LogP contribution is 2.20. The summed E-state index contributed by atoms with van der Waals surface area (Å²) in [5, 5.41) is 12.2. The number of hydrogen-bond acceptors (Lipinski definition) is 4. The average Bonchev–Trinajstić information content (AvgIpc) is 3.16. The third-order valence-corrected chi connectivity index (χ3v) is 5.47. The molecule has 1 unspecified atom stereocenters. The molecular formula is C19H24N2O2S. The number of piperazine rings is 1. The number of nitrogens with zero attached hydrogens (tertiary/aromatic N) is 2. The van der Waals surface area contributed by atoms with Crippen LogP contribution < -0.4 is 0 Å². The van der Waals surface area contributed by atoms with Gasteiger partial charge in [0.15, 0.2) is 0 Å². The molecular weight excluding hydrogens is 320 g/mol. The molecule has 5 heteroatoms. The molecule has 1 aliphatic heterocycles. The zero-order valence-electron chi connectivity index (χ0n) is 13.8. The van der Waals surface area contributed by atoms with Crippen molar-refractivity contribution < 1.29 is 9.90 Å². The highest BCUT2D eigenvalue weighted by Gasteiger charge is 2.22. The Morgan fingerprint density at radius 1 is 1.08 bits per heavy atom. The first kappa shape index (κ1) is 17.1. The molecule has 3 rings (SSSR count). The fourth-order valence-corrected chi connectivity index (χ4v) is 3.75. The Hall–Kier alpha value is -1.69. The SMILES string of the molecule is O=C(CCc1ccccc1)N1CCN(CC(O)c2cccs2)CC1. The maximum atomic E-state index is 12.3. The minimum atomic E-state index is -0.426. The summed E-state index contributed by atoms with van der Waals surface area (Å²) in [4.78, 5) is 17.6. The summed E-state index contributed by atoms with van der Waals surface area (Å²) in [6.07, 6.45) is 0.948. The zero-order valence-corrected chi connectivity index (χ0v) is 14.6. The molecule has 1 aromatic carbocycles. The number of aliphatic hydroxyl groups is 1. The number of carbonyl (C=O) groups excluding carboxylic acids is 1. The van der Waals surface area contributed by atoms with Crippen LogP contribution in [-0.4, -0.2) is 53.5 Å². The van der Waals surface area contributed by atoms with E-state index in [1.54, 1.807) is 11.3 Å². The fraction of sp³-hybridized carbons (Fsp3) is 0.421. The van der Waals surface area contributed by atoms with Gasteiger partial charge in [0.05, 0.1) is 0 Å². The maximum absolute atomic E-state index is 12.3. The lowest BCUT2D eigenvalue weighted by atomic mass is 10.1. The molecule has 1 N–H and O–H groups in total. The molecule has 128 valence electrons. The van der Waals surface area contributed by atoms with Crippen LogP contribution in [0.15, 0.2) is 47.8 Å². The van der Waals surface area contributed by atoms with E-state index in [9.17, 15) is 9.90 Å². The molecule has 4 nitrogen and oxygen atoms in total. The van der Waals surface area contributed by atoms with Gasteiger partial charge in [0.1, 0.15) is 6.10 Å². The lowest BCUT2D eigenvalue weighted by Gasteiger charge is -2.35. The van der Waals surface area contributed by atoms with Gasteiger partial charge in [-0.05, 0) is 23.4 Å². The first-order chi connectivity index (χ1) is 11.7. The van der Waals surface area contributed by atoms with Crippen molar-refractivity contribution in [1.29, 1.82) is 0 Å². The predicted octanol–water partition coefficient (Wildman–Crippen LogP) is 2.56. The largest absolute Gasteiger partial charge is 0.386 e. The first-order valence-corrected chi connectivity index (χ1v) is 9.36. The summed E-state index contributed by atoms with van der Waals surface area (Å²) < 4.78 is 0. The second kappa shape index (κ2) is 8.42. The van der Waals surface area contributed by atoms with Gasteiger partial charge in [-0.25, -0.2) is 0 Å². The summed E-state index contributed by atoms with van der Waals surface area (Å²) in [6.45, 7) is 3.82. The highest BCUT2D eigenvalue weighted by atomic mass is 32.1. The molecule has 1 atom stereocenters. The van der Waals surface area contributed by atoms with Gasteiger partial charge in [0.25, 0.3) is 0 Å². The zero-order chi connectivity index (χ0) is 16.8. The molecule has 2 aromatic rings. The molecule has 1 aromatic heterocycles. The van der Waals surface area contributed by atoms with Crippen LogP contribution in [0.25, 0.3) is 0 Å². The number of carbonyl (C=O) groups is 1. The van der Waals surface area contributed by atoms with Crippen LogP contribution in [0.3, 0.4) is 0 Å². The maximum Gasteiger partial charge on any atom is 0.222 e. The van der Waals surface area contributed by atoms with E-state index in [0.29, 0.717) is 13.0 Å². The minimum Gasteiger partial charge on any atom is -0.386 e.